The van der Waals surface area contributed by atoms with Crippen molar-refractivity contribution in [3.05, 3.63) is 45.4 Å². The van der Waals surface area contributed by atoms with Crippen molar-refractivity contribution in [2.24, 2.45) is 0 Å². The third-order valence-electron chi connectivity index (χ3n) is 2.83. The maximum Gasteiger partial charge on any atom is 0.254 e. The third kappa shape index (κ3) is 2.40. The Labute approximate surface area is 124 Å². The molecule has 5 nitrogen and oxygen atoms in total. The van der Waals surface area contributed by atoms with Gasteiger partial charge in [0, 0.05) is 21.0 Å². The third-order valence-corrected chi connectivity index (χ3v) is 3.50. The molecule has 2 heterocycles. The predicted octanol–water partition coefficient (Wildman–Crippen LogP) is 3.09. The van der Waals surface area contributed by atoms with Crippen LogP contribution in [0, 0.1) is 17.4 Å². The van der Waals surface area contributed by atoms with E-state index in [1.807, 2.05) is 13.0 Å². The van der Waals surface area contributed by atoms with Crippen molar-refractivity contribution in [1.29, 1.82) is 0 Å². The molecule has 0 radical (unpaired) electrons. The molecule has 0 saturated heterocycles. The van der Waals surface area contributed by atoms with Crippen molar-refractivity contribution in [3.8, 4) is 0 Å². The van der Waals surface area contributed by atoms with Gasteiger partial charge in [0.25, 0.3) is 5.78 Å². The number of halogens is 1. The largest absolute Gasteiger partial charge is 0.340 e. The van der Waals surface area contributed by atoms with Crippen LogP contribution >= 0.6 is 22.6 Å². The number of nitrogens with zero attached hydrogens (tertiary/aromatic N) is 4. The molecular weight excluding hydrogens is 353 g/mol. The first-order chi connectivity index (χ1) is 9.13. The zero-order valence-electron chi connectivity index (χ0n) is 10.6. The number of aryl methyl sites for hydroxylation is 2. The summed E-state index contributed by atoms with van der Waals surface area (Å²) < 4.78 is 2.92. The number of hydrogen-bond donors (Lipinski definition) is 1. The molecule has 1 aromatic carbocycles. The van der Waals surface area contributed by atoms with E-state index in [1.165, 1.54) is 15.5 Å². The Morgan fingerprint density at radius 3 is 2.84 bits per heavy atom. The van der Waals surface area contributed by atoms with E-state index in [0.717, 1.165) is 17.2 Å². The Morgan fingerprint density at radius 2 is 2.05 bits per heavy atom. The Balaban J connectivity index is 2.07. The van der Waals surface area contributed by atoms with Gasteiger partial charge in [-0.05, 0) is 60.2 Å². The number of fused-ring (bicyclic) bond motifs is 1. The molecule has 2 aromatic heterocycles. The molecular formula is C13H12IN5. The van der Waals surface area contributed by atoms with Crippen LogP contribution in [0.5, 0.6) is 0 Å². The van der Waals surface area contributed by atoms with Crippen LogP contribution in [0.3, 0.4) is 0 Å². The molecule has 0 unspecified atom stereocenters. The molecule has 0 aliphatic rings. The Hall–Kier alpha value is -1.70. The van der Waals surface area contributed by atoms with Gasteiger partial charge in [-0.15, -0.1) is 0 Å². The first-order valence-corrected chi connectivity index (χ1v) is 6.92. The highest BCUT2D eigenvalue weighted by Gasteiger charge is 2.07. The van der Waals surface area contributed by atoms with Crippen molar-refractivity contribution in [1.82, 2.24) is 19.6 Å². The summed E-state index contributed by atoms with van der Waals surface area (Å²) in [6, 6.07) is 8.23. The topological polar surface area (TPSA) is 55.1 Å². The molecule has 0 spiro atoms. The number of anilines is 2. The van der Waals surface area contributed by atoms with E-state index in [-0.39, 0.29) is 0 Å². The number of nitrogens with one attached hydrogen (secondary N) is 1. The van der Waals surface area contributed by atoms with Crippen molar-refractivity contribution in [3.63, 3.8) is 0 Å². The lowest BCUT2D eigenvalue weighted by Gasteiger charge is -2.11. The maximum absolute atomic E-state index is 4.32. The molecule has 3 rings (SSSR count). The van der Waals surface area contributed by atoms with Crippen molar-refractivity contribution >= 4 is 39.9 Å². The summed E-state index contributed by atoms with van der Waals surface area (Å²) in [6.07, 6.45) is 1.51. The first-order valence-electron chi connectivity index (χ1n) is 5.84. The summed E-state index contributed by atoms with van der Waals surface area (Å²) in [4.78, 5) is 8.44. The zero-order chi connectivity index (χ0) is 13.4. The number of benzene rings is 1. The summed E-state index contributed by atoms with van der Waals surface area (Å²) in [5.74, 6) is 1.47. The maximum atomic E-state index is 4.32. The van der Waals surface area contributed by atoms with Crippen LogP contribution in [0.25, 0.3) is 5.78 Å². The smallest absolute Gasteiger partial charge is 0.254 e. The summed E-state index contributed by atoms with van der Waals surface area (Å²) in [6.45, 7) is 4.03. The van der Waals surface area contributed by atoms with E-state index in [2.05, 4.69) is 68.1 Å². The summed E-state index contributed by atoms with van der Waals surface area (Å²) in [5.41, 5.74) is 3.16. The van der Waals surface area contributed by atoms with Crippen LogP contribution in [0.2, 0.25) is 0 Å². The van der Waals surface area contributed by atoms with E-state index < -0.39 is 0 Å². The van der Waals surface area contributed by atoms with Crippen LogP contribution in [0.15, 0.2) is 30.6 Å². The highest BCUT2D eigenvalue weighted by Crippen LogP contribution is 2.22. The van der Waals surface area contributed by atoms with Gasteiger partial charge >= 0.3 is 0 Å². The molecule has 96 valence electrons. The average Bonchev–Trinajstić information content (AvgIpc) is 2.80. The van der Waals surface area contributed by atoms with Gasteiger partial charge in [-0.3, -0.25) is 0 Å². The van der Waals surface area contributed by atoms with Crippen LogP contribution in [0.1, 0.15) is 11.3 Å². The Morgan fingerprint density at radius 1 is 1.21 bits per heavy atom. The molecule has 0 amide bonds. The van der Waals surface area contributed by atoms with Gasteiger partial charge in [-0.2, -0.15) is 14.6 Å². The minimum absolute atomic E-state index is 0.602. The molecule has 0 aliphatic carbocycles. The van der Waals surface area contributed by atoms with Gasteiger partial charge in [0.1, 0.15) is 12.1 Å². The molecule has 0 bridgehead atoms. The van der Waals surface area contributed by atoms with Crippen LogP contribution in [-0.4, -0.2) is 19.6 Å². The highest BCUT2D eigenvalue weighted by atomic mass is 127. The standard InChI is InChI=1S/C13H12IN5/c1-8-5-10(14)3-4-11(8)18-12-6-9(2)17-13-15-7-16-19(12)13/h3-7,18H,1-2H3. The molecule has 6 heteroatoms. The monoisotopic (exact) mass is 365 g/mol. The van der Waals surface area contributed by atoms with Gasteiger partial charge in [0.05, 0.1) is 0 Å². The highest BCUT2D eigenvalue weighted by molar-refractivity contribution is 14.1. The minimum Gasteiger partial charge on any atom is -0.340 e. The average molecular weight is 365 g/mol. The van der Waals surface area contributed by atoms with Crippen LogP contribution in [0.4, 0.5) is 11.5 Å². The van der Waals surface area contributed by atoms with Gasteiger partial charge in [-0.25, -0.2) is 4.98 Å². The molecule has 0 fully saturated rings. The molecule has 0 aliphatic heterocycles. The van der Waals surface area contributed by atoms with Crippen LogP contribution in [-0.2, 0) is 0 Å². The quantitative estimate of drug-likeness (QED) is 0.710. The van der Waals surface area contributed by atoms with E-state index in [0.29, 0.717) is 5.78 Å². The number of aromatic nitrogens is 4. The van der Waals surface area contributed by atoms with E-state index in [9.17, 15) is 0 Å². The molecule has 1 N–H and O–H groups in total. The second-order valence-corrected chi connectivity index (χ2v) is 5.58. The normalized spacial score (nSPS) is 10.9. The second-order valence-electron chi connectivity index (χ2n) is 4.34. The summed E-state index contributed by atoms with van der Waals surface area (Å²) >= 11 is 2.31. The number of hydrogen-bond acceptors (Lipinski definition) is 4. The molecule has 0 saturated carbocycles. The fraction of sp³-hybridized carbons (Fsp3) is 0.154. The van der Waals surface area contributed by atoms with Crippen LogP contribution < -0.4 is 5.32 Å². The fourth-order valence-electron chi connectivity index (χ4n) is 1.92. The second kappa shape index (κ2) is 4.76. The lowest BCUT2D eigenvalue weighted by molar-refractivity contribution is 0.937. The Kier molecular flexibility index (Phi) is 3.09. The van der Waals surface area contributed by atoms with Gasteiger partial charge in [0.2, 0.25) is 0 Å². The van der Waals surface area contributed by atoms with Crippen molar-refractivity contribution < 1.29 is 0 Å². The molecule has 19 heavy (non-hydrogen) atoms. The lowest BCUT2D eigenvalue weighted by Crippen LogP contribution is -2.03. The summed E-state index contributed by atoms with van der Waals surface area (Å²) in [7, 11) is 0. The SMILES string of the molecule is Cc1cc(Nc2ccc(I)cc2C)n2ncnc2n1. The minimum atomic E-state index is 0.602. The van der Waals surface area contributed by atoms with Gasteiger partial charge in [-0.1, -0.05) is 0 Å². The van der Waals surface area contributed by atoms with Crippen molar-refractivity contribution in [2.75, 3.05) is 5.32 Å². The van der Waals surface area contributed by atoms with E-state index in [4.69, 9.17) is 0 Å². The van der Waals surface area contributed by atoms with Crippen molar-refractivity contribution in [2.45, 2.75) is 13.8 Å². The predicted molar refractivity (Wildman–Crippen MR) is 82.7 cm³/mol. The number of rotatable bonds is 2. The molecule has 0 atom stereocenters. The summed E-state index contributed by atoms with van der Waals surface area (Å²) in [5, 5.41) is 7.57. The van der Waals surface area contributed by atoms with Gasteiger partial charge in [0.15, 0.2) is 0 Å². The zero-order valence-corrected chi connectivity index (χ0v) is 12.7. The first kappa shape index (κ1) is 12.3. The lowest BCUT2D eigenvalue weighted by atomic mass is 10.2. The van der Waals surface area contributed by atoms with E-state index in [1.54, 1.807) is 4.52 Å². The van der Waals surface area contributed by atoms with E-state index >= 15 is 0 Å². The fourth-order valence-corrected chi connectivity index (χ4v) is 2.57. The molecule has 3 aromatic rings. The van der Waals surface area contributed by atoms with Gasteiger partial charge < -0.3 is 5.32 Å². The Bertz CT molecular complexity index is 750.